The smallest absolute Gasteiger partial charge is 0.0949 e. The summed E-state index contributed by atoms with van der Waals surface area (Å²) in [6.07, 6.45) is 6.87. The number of nitrogens with zero attached hydrogens (tertiary/aromatic N) is 2. The first-order chi connectivity index (χ1) is 7.90. The van der Waals surface area contributed by atoms with Gasteiger partial charge in [0, 0.05) is 12.4 Å². The van der Waals surface area contributed by atoms with E-state index in [0.29, 0.717) is 12.1 Å². The minimum absolute atomic E-state index is 0.394. The highest BCUT2D eigenvalue weighted by Gasteiger charge is 2.31. The normalized spacial score (nSPS) is 23.3. The van der Waals surface area contributed by atoms with Crippen LogP contribution in [0.15, 0.2) is 43.0 Å². The van der Waals surface area contributed by atoms with Gasteiger partial charge in [0.25, 0.3) is 0 Å². The van der Waals surface area contributed by atoms with E-state index in [9.17, 15) is 0 Å². The lowest BCUT2D eigenvalue weighted by Crippen LogP contribution is -2.23. The van der Waals surface area contributed by atoms with Gasteiger partial charge in [-0.3, -0.25) is 0 Å². The topological polar surface area (TPSA) is 29.9 Å². The van der Waals surface area contributed by atoms with Crippen molar-refractivity contribution in [1.29, 1.82) is 0 Å². The molecule has 1 aromatic carbocycles. The number of likely N-dealkylation sites (N-methyl/N-ethyl adjacent to an activating group) is 1. The Kier molecular flexibility index (Phi) is 2.26. The SMILES string of the molecule is CNC1c2ccccc2CC1n1ccnc1. The van der Waals surface area contributed by atoms with E-state index in [0.717, 1.165) is 6.42 Å². The Morgan fingerprint density at radius 1 is 1.38 bits per heavy atom. The molecule has 0 saturated carbocycles. The van der Waals surface area contributed by atoms with Gasteiger partial charge in [0.1, 0.15) is 0 Å². The van der Waals surface area contributed by atoms with E-state index in [1.165, 1.54) is 11.1 Å². The van der Waals surface area contributed by atoms with Crippen LogP contribution in [0, 0.1) is 0 Å². The number of fused-ring (bicyclic) bond motifs is 1. The second-order valence-electron chi connectivity index (χ2n) is 4.25. The quantitative estimate of drug-likeness (QED) is 0.826. The Balaban J connectivity index is 2.01. The standard InChI is InChI=1S/C13H15N3/c1-14-13-11-5-3-2-4-10(11)8-12(13)16-7-6-15-9-16/h2-7,9,12-14H,8H2,1H3. The monoisotopic (exact) mass is 213 g/mol. The molecule has 1 aromatic heterocycles. The van der Waals surface area contributed by atoms with Crippen LogP contribution in [0.25, 0.3) is 0 Å². The van der Waals surface area contributed by atoms with E-state index < -0.39 is 0 Å². The molecule has 1 aliphatic rings. The van der Waals surface area contributed by atoms with Crippen LogP contribution >= 0.6 is 0 Å². The van der Waals surface area contributed by atoms with Crippen LogP contribution in [0.1, 0.15) is 23.2 Å². The predicted molar refractivity (Wildman–Crippen MR) is 63.2 cm³/mol. The maximum absolute atomic E-state index is 4.13. The third kappa shape index (κ3) is 1.36. The van der Waals surface area contributed by atoms with E-state index in [4.69, 9.17) is 0 Å². The number of aromatic nitrogens is 2. The molecular weight excluding hydrogens is 198 g/mol. The highest BCUT2D eigenvalue weighted by molar-refractivity contribution is 5.36. The third-order valence-electron chi connectivity index (χ3n) is 3.42. The van der Waals surface area contributed by atoms with Gasteiger partial charge in [0.2, 0.25) is 0 Å². The van der Waals surface area contributed by atoms with Crippen molar-refractivity contribution in [1.82, 2.24) is 14.9 Å². The Morgan fingerprint density at radius 2 is 2.25 bits per heavy atom. The van der Waals surface area contributed by atoms with E-state index >= 15 is 0 Å². The largest absolute Gasteiger partial charge is 0.332 e. The van der Waals surface area contributed by atoms with Gasteiger partial charge in [-0.05, 0) is 24.6 Å². The first-order valence-electron chi connectivity index (χ1n) is 5.62. The first kappa shape index (κ1) is 9.60. The maximum atomic E-state index is 4.13. The summed E-state index contributed by atoms with van der Waals surface area (Å²) in [5.41, 5.74) is 2.87. The fourth-order valence-corrected chi connectivity index (χ4v) is 2.66. The molecule has 0 radical (unpaired) electrons. The summed E-state index contributed by atoms with van der Waals surface area (Å²) in [5.74, 6) is 0. The molecule has 0 saturated heterocycles. The molecule has 2 aromatic rings. The van der Waals surface area contributed by atoms with Crippen LogP contribution in [0.3, 0.4) is 0 Å². The van der Waals surface area contributed by atoms with Crippen LogP contribution < -0.4 is 5.32 Å². The van der Waals surface area contributed by atoms with Crippen molar-refractivity contribution in [3.05, 3.63) is 54.1 Å². The zero-order chi connectivity index (χ0) is 11.0. The molecule has 82 valence electrons. The molecule has 0 aliphatic heterocycles. The summed E-state index contributed by atoms with van der Waals surface area (Å²) < 4.78 is 2.20. The Morgan fingerprint density at radius 3 is 3.00 bits per heavy atom. The average Bonchev–Trinajstić information content (AvgIpc) is 2.95. The number of rotatable bonds is 2. The molecule has 3 rings (SSSR count). The minimum atomic E-state index is 0.394. The maximum Gasteiger partial charge on any atom is 0.0949 e. The lowest BCUT2D eigenvalue weighted by Gasteiger charge is -2.21. The molecule has 0 spiro atoms. The third-order valence-corrected chi connectivity index (χ3v) is 3.42. The van der Waals surface area contributed by atoms with Gasteiger partial charge in [-0.15, -0.1) is 0 Å². The lowest BCUT2D eigenvalue weighted by atomic mass is 10.1. The predicted octanol–water partition coefficient (Wildman–Crippen LogP) is 1.94. The second kappa shape index (κ2) is 3.76. The lowest BCUT2D eigenvalue weighted by molar-refractivity contribution is 0.402. The van der Waals surface area contributed by atoms with E-state index in [2.05, 4.69) is 39.1 Å². The molecule has 3 nitrogen and oxygen atoms in total. The Bertz CT molecular complexity index is 476. The zero-order valence-electron chi connectivity index (χ0n) is 9.30. The van der Waals surface area contributed by atoms with Crippen molar-refractivity contribution < 1.29 is 0 Å². The van der Waals surface area contributed by atoms with Crippen LogP contribution in [0.2, 0.25) is 0 Å². The highest BCUT2D eigenvalue weighted by Crippen LogP contribution is 2.38. The molecule has 3 heteroatoms. The fourth-order valence-electron chi connectivity index (χ4n) is 2.66. The number of hydrogen-bond acceptors (Lipinski definition) is 2. The second-order valence-corrected chi connectivity index (χ2v) is 4.25. The van der Waals surface area contributed by atoms with Gasteiger partial charge in [-0.25, -0.2) is 4.98 Å². The van der Waals surface area contributed by atoms with Crippen LogP contribution in [0.5, 0.6) is 0 Å². The van der Waals surface area contributed by atoms with E-state index in [1.54, 1.807) is 0 Å². The molecule has 2 unspecified atom stereocenters. The molecule has 0 bridgehead atoms. The molecule has 1 aliphatic carbocycles. The van der Waals surface area contributed by atoms with Gasteiger partial charge >= 0.3 is 0 Å². The summed E-state index contributed by atoms with van der Waals surface area (Å²) in [4.78, 5) is 4.13. The number of imidazole rings is 1. The van der Waals surface area contributed by atoms with Crippen molar-refractivity contribution in [2.45, 2.75) is 18.5 Å². The average molecular weight is 213 g/mol. The summed E-state index contributed by atoms with van der Waals surface area (Å²) in [5, 5.41) is 3.41. The minimum Gasteiger partial charge on any atom is -0.332 e. The van der Waals surface area contributed by atoms with Crippen LogP contribution in [-0.2, 0) is 6.42 Å². The summed E-state index contributed by atoms with van der Waals surface area (Å²) in [6.45, 7) is 0. The van der Waals surface area contributed by atoms with Gasteiger partial charge < -0.3 is 9.88 Å². The summed E-state index contributed by atoms with van der Waals surface area (Å²) >= 11 is 0. The van der Waals surface area contributed by atoms with Crippen molar-refractivity contribution in [2.75, 3.05) is 7.05 Å². The first-order valence-corrected chi connectivity index (χ1v) is 5.62. The van der Waals surface area contributed by atoms with Crippen molar-refractivity contribution in [2.24, 2.45) is 0 Å². The summed E-state index contributed by atoms with van der Waals surface area (Å²) in [6, 6.07) is 9.50. The van der Waals surface area contributed by atoms with Gasteiger partial charge in [0.15, 0.2) is 0 Å². The fraction of sp³-hybridized carbons (Fsp3) is 0.308. The van der Waals surface area contributed by atoms with Gasteiger partial charge in [-0.2, -0.15) is 0 Å². The number of hydrogen-bond donors (Lipinski definition) is 1. The van der Waals surface area contributed by atoms with Crippen molar-refractivity contribution in [3.63, 3.8) is 0 Å². The molecule has 1 N–H and O–H groups in total. The highest BCUT2D eigenvalue weighted by atomic mass is 15.1. The molecule has 0 amide bonds. The molecule has 16 heavy (non-hydrogen) atoms. The summed E-state index contributed by atoms with van der Waals surface area (Å²) in [7, 11) is 2.02. The van der Waals surface area contributed by atoms with Gasteiger partial charge in [-0.1, -0.05) is 24.3 Å². The molecular formula is C13H15N3. The van der Waals surface area contributed by atoms with E-state index in [1.807, 2.05) is 25.8 Å². The Hall–Kier alpha value is -1.61. The Labute approximate surface area is 95.1 Å². The van der Waals surface area contributed by atoms with Crippen LogP contribution in [-0.4, -0.2) is 16.6 Å². The molecule has 0 fully saturated rings. The molecule has 2 atom stereocenters. The van der Waals surface area contributed by atoms with Crippen LogP contribution in [0.4, 0.5) is 0 Å². The van der Waals surface area contributed by atoms with E-state index in [-0.39, 0.29) is 0 Å². The van der Waals surface area contributed by atoms with Crippen molar-refractivity contribution in [3.8, 4) is 0 Å². The van der Waals surface area contributed by atoms with Crippen molar-refractivity contribution >= 4 is 0 Å². The molecule has 1 heterocycles. The number of nitrogens with one attached hydrogen (secondary N) is 1. The number of benzene rings is 1. The van der Waals surface area contributed by atoms with Gasteiger partial charge in [0.05, 0.1) is 18.4 Å². The zero-order valence-corrected chi connectivity index (χ0v) is 9.30.